The molecule has 1 aromatic carbocycles. The SMILES string of the molecule is COc1ccc(C(=O)OCC(=O)NC(=O)c2cccs2)cc1S(=O)(=O)N1CC(C)CC(C)C1. The van der Waals surface area contributed by atoms with Gasteiger partial charge in [-0.05, 0) is 47.9 Å². The summed E-state index contributed by atoms with van der Waals surface area (Å²) in [6.07, 6.45) is 0.937. The van der Waals surface area contributed by atoms with Gasteiger partial charge in [0.05, 0.1) is 17.6 Å². The van der Waals surface area contributed by atoms with Gasteiger partial charge in [0.2, 0.25) is 10.0 Å². The van der Waals surface area contributed by atoms with Crippen LogP contribution >= 0.6 is 11.3 Å². The summed E-state index contributed by atoms with van der Waals surface area (Å²) in [5.74, 6) is -1.76. The Morgan fingerprint density at radius 3 is 2.45 bits per heavy atom. The third-order valence-corrected chi connectivity index (χ3v) is 7.91. The lowest BCUT2D eigenvalue weighted by Crippen LogP contribution is -2.42. The van der Waals surface area contributed by atoms with Crippen molar-refractivity contribution in [2.24, 2.45) is 11.8 Å². The highest BCUT2D eigenvalue weighted by molar-refractivity contribution is 7.89. The number of nitrogens with zero attached hydrogens (tertiary/aromatic N) is 1. The number of hydrogen-bond donors (Lipinski definition) is 1. The summed E-state index contributed by atoms with van der Waals surface area (Å²) in [7, 11) is -2.57. The van der Waals surface area contributed by atoms with Gasteiger partial charge in [-0.25, -0.2) is 13.2 Å². The first-order chi connectivity index (χ1) is 15.6. The molecule has 2 unspecified atom stereocenters. The molecule has 1 saturated heterocycles. The zero-order valence-electron chi connectivity index (χ0n) is 18.6. The van der Waals surface area contributed by atoms with E-state index in [0.717, 1.165) is 6.42 Å². The maximum absolute atomic E-state index is 13.3. The van der Waals surface area contributed by atoms with Gasteiger partial charge in [-0.2, -0.15) is 4.31 Å². The monoisotopic (exact) mass is 494 g/mol. The molecule has 0 aliphatic carbocycles. The van der Waals surface area contributed by atoms with E-state index in [1.807, 2.05) is 13.8 Å². The average molecular weight is 495 g/mol. The van der Waals surface area contributed by atoms with Gasteiger partial charge in [0, 0.05) is 13.1 Å². The van der Waals surface area contributed by atoms with Crippen molar-refractivity contribution in [3.05, 3.63) is 46.2 Å². The molecule has 0 bridgehead atoms. The second-order valence-electron chi connectivity index (χ2n) is 8.06. The van der Waals surface area contributed by atoms with Crippen LogP contribution in [0.15, 0.2) is 40.6 Å². The quantitative estimate of drug-likeness (QED) is 0.588. The molecule has 1 N–H and O–H groups in total. The molecule has 1 fully saturated rings. The Morgan fingerprint density at radius 1 is 1.15 bits per heavy atom. The normalized spacial score (nSPS) is 19.0. The first-order valence-corrected chi connectivity index (χ1v) is 12.7. The lowest BCUT2D eigenvalue weighted by atomic mass is 9.94. The summed E-state index contributed by atoms with van der Waals surface area (Å²) in [6.45, 7) is 4.06. The molecule has 9 nitrogen and oxygen atoms in total. The van der Waals surface area contributed by atoms with Crippen molar-refractivity contribution in [2.45, 2.75) is 25.2 Å². The van der Waals surface area contributed by atoms with Gasteiger partial charge in [0.1, 0.15) is 10.6 Å². The number of nitrogens with one attached hydrogen (secondary N) is 1. The lowest BCUT2D eigenvalue weighted by molar-refractivity contribution is -0.123. The number of amides is 2. The summed E-state index contributed by atoms with van der Waals surface area (Å²) in [5.41, 5.74) is -0.0511. The molecule has 2 heterocycles. The Balaban J connectivity index is 1.72. The van der Waals surface area contributed by atoms with E-state index < -0.39 is 34.4 Å². The fourth-order valence-corrected chi connectivity index (χ4v) is 6.27. The number of piperidine rings is 1. The molecule has 2 amide bonds. The minimum atomic E-state index is -3.92. The van der Waals surface area contributed by atoms with Gasteiger partial charge in [0.25, 0.3) is 11.8 Å². The van der Waals surface area contributed by atoms with Gasteiger partial charge in [0.15, 0.2) is 6.61 Å². The van der Waals surface area contributed by atoms with Crippen molar-refractivity contribution in [3.63, 3.8) is 0 Å². The Bertz CT molecular complexity index is 1120. The number of carbonyl (C=O) groups excluding carboxylic acids is 3. The molecule has 2 atom stereocenters. The predicted octanol–water partition coefficient (Wildman–Crippen LogP) is 2.54. The van der Waals surface area contributed by atoms with E-state index in [2.05, 4.69) is 5.32 Å². The molecule has 0 radical (unpaired) electrons. The fourth-order valence-electron chi connectivity index (χ4n) is 3.79. The van der Waals surface area contributed by atoms with Crippen LogP contribution in [0.2, 0.25) is 0 Å². The molecule has 33 heavy (non-hydrogen) atoms. The number of hydrogen-bond acceptors (Lipinski definition) is 8. The lowest BCUT2D eigenvalue weighted by Gasteiger charge is -2.34. The van der Waals surface area contributed by atoms with Crippen LogP contribution in [0.1, 0.15) is 40.3 Å². The second-order valence-corrected chi connectivity index (χ2v) is 10.9. The van der Waals surface area contributed by atoms with E-state index in [1.165, 1.54) is 41.0 Å². The average Bonchev–Trinajstić information content (AvgIpc) is 3.31. The van der Waals surface area contributed by atoms with E-state index in [0.29, 0.717) is 18.0 Å². The second kappa shape index (κ2) is 10.4. The maximum atomic E-state index is 13.3. The van der Waals surface area contributed by atoms with Gasteiger partial charge in [-0.3, -0.25) is 14.9 Å². The van der Waals surface area contributed by atoms with Crippen molar-refractivity contribution < 1.29 is 32.3 Å². The number of imide groups is 1. The van der Waals surface area contributed by atoms with Crippen LogP contribution in [-0.4, -0.2) is 57.3 Å². The fraction of sp³-hybridized carbons (Fsp3) is 0.409. The number of rotatable bonds is 7. The van der Waals surface area contributed by atoms with Crippen LogP contribution < -0.4 is 10.1 Å². The maximum Gasteiger partial charge on any atom is 0.338 e. The van der Waals surface area contributed by atoms with Crippen LogP contribution in [-0.2, 0) is 19.6 Å². The molecular formula is C22H26N2O7S2. The van der Waals surface area contributed by atoms with Gasteiger partial charge >= 0.3 is 5.97 Å². The summed E-state index contributed by atoms with van der Waals surface area (Å²) in [5, 5.41) is 3.82. The number of sulfonamides is 1. The van der Waals surface area contributed by atoms with E-state index in [-0.39, 0.29) is 28.0 Å². The molecule has 0 spiro atoms. The minimum absolute atomic E-state index is 0.0511. The summed E-state index contributed by atoms with van der Waals surface area (Å²) in [6, 6.07) is 7.15. The number of carbonyl (C=O) groups is 3. The summed E-state index contributed by atoms with van der Waals surface area (Å²) < 4.78 is 38.3. The van der Waals surface area contributed by atoms with Crippen molar-refractivity contribution in [2.75, 3.05) is 26.8 Å². The highest BCUT2D eigenvalue weighted by Gasteiger charge is 2.34. The van der Waals surface area contributed by atoms with Crippen LogP contribution in [0.25, 0.3) is 0 Å². The van der Waals surface area contributed by atoms with Crippen LogP contribution in [0.3, 0.4) is 0 Å². The number of methoxy groups -OCH3 is 1. The summed E-state index contributed by atoms with van der Waals surface area (Å²) >= 11 is 1.17. The molecule has 2 aromatic rings. The van der Waals surface area contributed by atoms with Crippen molar-refractivity contribution >= 4 is 39.1 Å². The number of ether oxygens (including phenoxy) is 2. The van der Waals surface area contributed by atoms with Crippen LogP contribution in [0.4, 0.5) is 0 Å². The molecule has 178 valence electrons. The van der Waals surface area contributed by atoms with E-state index >= 15 is 0 Å². The van der Waals surface area contributed by atoms with Crippen molar-refractivity contribution in [3.8, 4) is 5.75 Å². The predicted molar refractivity (Wildman–Crippen MR) is 122 cm³/mol. The van der Waals surface area contributed by atoms with Crippen molar-refractivity contribution in [1.82, 2.24) is 9.62 Å². The Labute approximate surface area is 196 Å². The first kappa shape index (κ1) is 24.9. The van der Waals surface area contributed by atoms with Gasteiger partial charge in [-0.1, -0.05) is 19.9 Å². The smallest absolute Gasteiger partial charge is 0.338 e. The topological polar surface area (TPSA) is 119 Å². The largest absolute Gasteiger partial charge is 0.495 e. The molecular weight excluding hydrogens is 468 g/mol. The molecule has 0 saturated carbocycles. The summed E-state index contributed by atoms with van der Waals surface area (Å²) in [4.78, 5) is 36.6. The first-order valence-electron chi connectivity index (χ1n) is 10.3. The number of esters is 1. The minimum Gasteiger partial charge on any atom is -0.495 e. The van der Waals surface area contributed by atoms with E-state index in [1.54, 1.807) is 17.5 Å². The Hall–Kier alpha value is -2.76. The molecule has 11 heteroatoms. The van der Waals surface area contributed by atoms with Crippen LogP contribution in [0.5, 0.6) is 5.75 Å². The molecule has 1 aromatic heterocycles. The molecule has 1 aliphatic heterocycles. The highest BCUT2D eigenvalue weighted by Crippen LogP contribution is 2.32. The number of benzene rings is 1. The Morgan fingerprint density at radius 2 is 1.85 bits per heavy atom. The highest BCUT2D eigenvalue weighted by atomic mass is 32.2. The molecule has 3 rings (SSSR count). The number of thiophene rings is 1. The Kier molecular flexibility index (Phi) is 7.88. The van der Waals surface area contributed by atoms with E-state index in [9.17, 15) is 22.8 Å². The van der Waals surface area contributed by atoms with E-state index in [4.69, 9.17) is 9.47 Å². The van der Waals surface area contributed by atoms with Gasteiger partial charge < -0.3 is 9.47 Å². The molecule has 1 aliphatic rings. The third-order valence-electron chi connectivity index (χ3n) is 5.18. The van der Waals surface area contributed by atoms with Gasteiger partial charge in [-0.15, -0.1) is 11.3 Å². The van der Waals surface area contributed by atoms with Crippen LogP contribution in [0, 0.1) is 11.8 Å². The standard InChI is InChI=1S/C22H26N2O7S2/c1-14-9-15(2)12-24(11-14)33(28,29)19-10-16(6-7-17(19)30-3)22(27)31-13-20(25)23-21(26)18-5-4-8-32-18/h4-8,10,14-15H,9,11-13H2,1-3H3,(H,23,25,26). The zero-order chi connectivity index (χ0) is 24.2. The third kappa shape index (κ3) is 5.98. The van der Waals surface area contributed by atoms with Crippen molar-refractivity contribution in [1.29, 1.82) is 0 Å². The zero-order valence-corrected chi connectivity index (χ0v) is 20.2.